The Morgan fingerprint density at radius 1 is 0.765 bits per heavy atom. The van der Waals surface area contributed by atoms with Crippen molar-refractivity contribution in [1.29, 1.82) is 5.26 Å². The smallest absolute Gasteiger partial charge is 0.350 e. The lowest BCUT2D eigenvalue weighted by Crippen LogP contribution is -2.13. The number of unbranched alkanes of at least 4 members (excludes halogenated alkanes) is 3. The Balaban J connectivity index is 1.46. The maximum atomic E-state index is 13.2. The van der Waals surface area contributed by atoms with Crippen molar-refractivity contribution in [3.8, 4) is 29.1 Å². The summed E-state index contributed by atoms with van der Waals surface area (Å²) in [6, 6.07) is 17.9. The van der Waals surface area contributed by atoms with Crippen LogP contribution in [0.2, 0.25) is 0 Å². The minimum absolute atomic E-state index is 0.150. The van der Waals surface area contributed by atoms with E-state index < -0.39 is 30.0 Å². The van der Waals surface area contributed by atoms with E-state index in [-0.39, 0.29) is 32.4 Å². The van der Waals surface area contributed by atoms with Gasteiger partial charge in [0.15, 0.2) is 5.57 Å². The third kappa shape index (κ3) is 11.2. The minimum Gasteiger partial charge on any atom is -0.494 e. The first-order chi connectivity index (χ1) is 24.6. The number of carbonyl (C=O) groups excluding carboxylic acids is 4. The summed E-state index contributed by atoms with van der Waals surface area (Å²) in [6.07, 6.45) is 4.05. The van der Waals surface area contributed by atoms with E-state index in [1.165, 1.54) is 12.1 Å². The van der Waals surface area contributed by atoms with Crippen molar-refractivity contribution in [2.24, 2.45) is 0 Å². The van der Waals surface area contributed by atoms with Crippen LogP contribution in [0.5, 0.6) is 23.0 Å². The van der Waals surface area contributed by atoms with Gasteiger partial charge in [-0.3, -0.25) is 0 Å². The molecule has 0 radical (unpaired) electrons. The Bertz CT molecular complexity index is 1810. The van der Waals surface area contributed by atoms with E-state index in [1.807, 2.05) is 13.0 Å². The van der Waals surface area contributed by atoms with Crippen molar-refractivity contribution in [3.63, 3.8) is 0 Å². The zero-order valence-corrected chi connectivity index (χ0v) is 30.1. The fraction of sp³-hybridized carbons (Fsp3) is 0.289. The lowest BCUT2D eigenvalue weighted by atomic mass is 10.2. The number of hydrogen-bond donors (Lipinski definition) is 0. The maximum absolute atomic E-state index is 13.2. The summed E-state index contributed by atoms with van der Waals surface area (Å²) in [5, 5.41) is 9.85. The fourth-order valence-corrected chi connectivity index (χ4v) is 7.03. The van der Waals surface area contributed by atoms with Crippen LogP contribution in [0, 0.1) is 11.3 Å². The van der Waals surface area contributed by atoms with Crippen LogP contribution in [0.3, 0.4) is 0 Å². The highest BCUT2D eigenvalue weighted by Crippen LogP contribution is 2.59. The molecule has 0 bridgehead atoms. The molecule has 1 aliphatic heterocycles. The molecule has 13 heteroatoms. The minimum atomic E-state index is -0.796. The van der Waals surface area contributed by atoms with Gasteiger partial charge in [0.05, 0.1) is 51.1 Å². The van der Waals surface area contributed by atoms with E-state index in [0.717, 1.165) is 55.3 Å². The number of rotatable bonds is 17. The Hall–Kier alpha value is -5.19. The second-order valence-corrected chi connectivity index (χ2v) is 13.3. The standard InChI is InChI=1S/C38H37NO10S2/c1-5-32(40)46-22-10-8-7-9-21-45-28-17-13-26(14-18-28)36(42)49-31-20-19-30(48-35(41)25-11-15-27(16-12-25)44-6-2)33-34(31)51-38(50-33)29(23-39)37(43)47-24(3)4/h5,11-20,24H,1,6-10,21-22H2,2-4H3/b38-29-. The molecule has 0 saturated carbocycles. The molecule has 4 rings (SSSR count). The van der Waals surface area contributed by atoms with Crippen LogP contribution in [0.25, 0.3) is 0 Å². The number of nitriles is 1. The summed E-state index contributed by atoms with van der Waals surface area (Å²) in [7, 11) is 0. The normalized spacial score (nSPS) is 12.6. The molecule has 1 aliphatic rings. The van der Waals surface area contributed by atoms with Gasteiger partial charge in [0, 0.05) is 6.08 Å². The molecule has 3 aromatic rings. The third-order valence-electron chi connectivity index (χ3n) is 6.91. The average molecular weight is 732 g/mol. The molecule has 51 heavy (non-hydrogen) atoms. The summed E-state index contributed by atoms with van der Waals surface area (Å²) in [5.41, 5.74) is 0.324. The second kappa shape index (κ2) is 19.3. The molecule has 266 valence electrons. The number of benzene rings is 3. The molecule has 0 amide bonds. The maximum Gasteiger partial charge on any atom is 0.350 e. The van der Waals surface area contributed by atoms with Gasteiger partial charge < -0.3 is 28.4 Å². The van der Waals surface area contributed by atoms with Crippen LogP contribution in [-0.2, 0) is 19.1 Å². The fourth-order valence-electron chi connectivity index (χ4n) is 4.47. The molecule has 0 aromatic heterocycles. The van der Waals surface area contributed by atoms with Crippen molar-refractivity contribution in [1.82, 2.24) is 0 Å². The first kappa shape index (κ1) is 38.6. The Kier molecular flexibility index (Phi) is 14.6. The molecule has 0 fully saturated rings. The molecular weight excluding hydrogens is 695 g/mol. The number of nitrogens with zero attached hydrogens (tertiary/aromatic N) is 1. The molecule has 0 saturated heterocycles. The van der Waals surface area contributed by atoms with E-state index in [1.54, 1.807) is 62.4 Å². The van der Waals surface area contributed by atoms with Crippen LogP contribution in [-0.4, -0.2) is 49.8 Å². The molecule has 0 spiro atoms. The number of fused-ring (bicyclic) bond motifs is 1. The number of esters is 4. The van der Waals surface area contributed by atoms with E-state index >= 15 is 0 Å². The van der Waals surface area contributed by atoms with Crippen LogP contribution in [0.1, 0.15) is 67.2 Å². The molecule has 1 heterocycles. The second-order valence-electron chi connectivity index (χ2n) is 11.0. The highest BCUT2D eigenvalue weighted by molar-refractivity contribution is 8.24. The highest BCUT2D eigenvalue weighted by Gasteiger charge is 2.32. The monoisotopic (exact) mass is 731 g/mol. The van der Waals surface area contributed by atoms with Crippen LogP contribution in [0.15, 0.2) is 92.9 Å². The summed E-state index contributed by atoms with van der Waals surface area (Å²) in [4.78, 5) is 50.9. The van der Waals surface area contributed by atoms with Crippen molar-refractivity contribution < 1.29 is 47.6 Å². The van der Waals surface area contributed by atoms with Gasteiger partial charge in [0.25, 0.3) is 0 Å². The Labute approximate surface area is 304 Å². The number of ether oxygens (including phenoxy) is 6. The Morgan fingerprint density at radius 2 is 1.27 bits per heavy atom. The molecule has 11 nitrogen and oxygen atoms in total. The SMILES string of the molecule is C=CC(=O)OCCCCCCOc1ccc(C(=O)Oc2ccc(OC(=O)c3ccc(OCC)cc3)c3c2S/C(=C(/C#N)C(=O)OC(C)C)S3)cc1. The number of carbonyl (C=O) groups is 4. The molecule has 0 unspecified atom stereocenters. The predicted molar refractivity (Wildman–Crippen MR) is 191 cm³/mol. The van der Waals surface area contributed by atoms with Gasteiger partial charge in [-0.25, -0.2) is 19.2 Å². The predicted octanol–water partition coefficient (Wildman–Crippen LogP) is 8.08. The largest absolute Gasteiger partial charge is 0.494 e. The highest BCUT2D eigenvalue weighted by atomic mass is 32.2. The molecule has 0 aliphatic carbocycles. The van der Waals surface area contributed by atoms with Crippen LogP contribution < -0.4 is 18.9 Å². The molecule has 3 aromatic carbocycles. The zero-order chi connectivity index (χ0) is 36.8. The average Bonchev–Trinajstić information content (AvgIpc) is 3.56. The zero-order valence-electron chi connectivity index (χ0n) is 28.4. The van der Waals surface area contributed by atoms with E-state index in [4.69, 9.17) is 28.4 Å². The van der Waals surface area contributed by atoms with Crippen LogP contribution >= 0.6 is 23.5 Å². The van der Waals surface area contributed by atoms with Gasteiger partial charge in [-0.05, 0) is 107 Å². The summed E-state index contributed by atoms with van der Waals surface area (Å²) >= 11 is 2.09. The molecular formula is C38H37NO10S2. The first-order valence-electron chi connectivity index (χ1n) is 16.2. The summed E-state index contributed by atoms with van der Waals surface area (Å²) in [5.74, 6) is -1.01. The quantitative estimate of drug-likeness (QED) is 0.0434. The lowest BCUT2D eigenvalue weighted by Gasteiger charge is -2.12. The van der Waals surface area contributed by atoms with Gasteiger partial charge >= 0.3 is 23.9 Å². The van der Waals surface area contributed by atoms with E-state index in [9.17, 15) is 24.4 Å². The van der Waals surface area contributed by atoms with Gasteiger partial charge in [-0.2, -0.15) is 5.26 Å². The van der Waals surface area contributed by atoms with Gasteiger partial charge in [0.1, 0.15) is 29.1 Å². The van der Waals surface area contributed by atoms with Gasteiger partial charge in [-0.1, -0.05) is 30.1 Å². The Morgan fingerprint density at radius 3 is 1.75 bits per heavy atom. The van der Waals surface area contributed by atoms with Crippen molar-refractivity contribution in [3.05, 3.63) is 94.3 Å². The molecule has 0 atom stereocenters. The first-order valence-corrected chi connectivity index (χ1v) is 17.8. The van der Waals surface area contributed by atoms with Crippen molar-refractivity contribution in [2.45, 2.75) is 62.3 Å². The van der Waals surface area contributed by atoms with E-state index in [0.29, 0.717) is 41.1 Å². The van der Waals surface area contributed by atoms with Gasteiger partial charge in [0.2, 0.25) is 0 Å². The lowest BCUT2D eigenvalue weighted by molar-refractivity contribution is -0.142. The van der Waals surface area contributed by atoms with Gasteiger partial charge in [-0.15, -0.1) is 0 Å². The van der Waals surface area contributed by atoms with Crippen LogP contribution in [0.4, 0.5) is 0 Å². The summed E-state index contributed by atoms with van der Waals surface area (Å²) in [6.45, 7) is 9.89. The van der Waals surface area contributed by atoms with E-state index in [2.05, 4.69) is 6.58 Å². The number of thioether (sulfide) groups is 2. The number of hydrogen-bond acceptors (Lipinski definition) is 13. The third-order valence-corrected chi connectivity index (χ3v) is 9.53. The van der Waals surface area contributed by atoms with Crippen molar-refractivity contribution >= 4 is 47.4 Å². The molecule has 0 N–H and O–H groups in total. The summed E-state index contributed by atoms with van der Waals surface area (Å²) < 4.78 is 33.3. The van der Waals surface area contributed by atoms with Crippen molar-refractivity contribution in [2.75, 3.05) is 19.8 Å². The topological polar surface area (TPSA) is 147 Å².